The van der Waals surface area contributed by atoms with E-state index in [2.05, 4.69) is 22.8 Å². The van der Waals surface area contributed by atoms with Crippen LogP contribution in [0.15, 0.2) is 48.5 Å². The van der Waals surface area contributed by atoms with Gasteiger partial charge in [0.25, 0.3) is 0 Å². The number of hydrogen-bond donors (Lipinski definition) is 3. The third-order valence-electron chi connectivity index (χ3n) is 7.43. The molecule has 2 fully saturated rings. The van der Waals surface area contributed by atoms with E-state index in [1.54, 1.807) is 6.92 Å². The van der Waals surface area contributed by atoms with Crippen molar-refractivity contribution in [2.45, 2.75) is 49.7 Å². The molecule has 1 aliphatic carbocycles. The van der Waals surface area contributed by atoms with Crippen molar-refractivity contribution in [2.75, 3.05) is 13.2 Å². The number of ether oxygens (including phenoxy) is 1. The summed E-state index contributed by atoms with van der Waals surface area (Å²) in [4.78, 5) is 51.1. The van der Waals surface area contributed by atoms with E-state index < -0.39 is 42.0 Å². The molecule has 0 unspecified atom stereocenters. The van der Waals surface area contributed by atoms with Crippen LogP contribution in [-0.2, 0) is 19.1 Å². The number of fused-ring (bicyclic) bond motifs is 4. The SMILES string of the molecule is CC[C@@]12C[C@@H](NC(=O)OCC3c4ccccc4-c4ccccc43)CN1C(=O)[C@H](CC(=O)O)NC2=O. The lowest BCUT2D eigenvalue weighted by atomic mass is 9.87. The van der Waals surface area contributed by atoms with Gasteiger partial charge in [-0.25, -0.2) is 4.79 Å². The average molecular weight is 478 g/mol. The Morgan fingerprint density at radius 3 is 2.34 bits per heavy atom. The molecule has 5 rings (SSSR count). The molecule has 3 atom stereocenters. The lowest BCUT2D eigenvalue weighted by Gasteiger charge is -2.43. The minimum atomic E-state index is -1.17. The summed E-state index contributed by atoms with van der Waals surface area (Å²) in [5.41, 5.74) is 3.38. The first-order valence-corrected chi connectivity index (χ1v) is 11.8. The smallest absolute Gasteiger partial charge is 0.407 e. The molecule has 9 nitrogen and oxygen atoms in total. The van der Waals surface area contributed by atoms with Crippen molar-refractivity contribution in [1.82, 2.24) is 15.5 Å². The van der Waals surface area contributed by atoms with Crippen LogP contribution in [0.3, 0.4) is 0 Å². The number of nitrogens with zero attached hydrogens (tertiary/aromatic N) is 1. The quantitative estimate of drug-likeness (QED) is 0.586. The predicted octanol–water partition coefficient (Wildman–Crippen LogP) is 2.25. The van der Waals surface area contributed by atoms with E-state index in [9.17, 15) is 19.2 Å². The third-order valence-corrected chi connectivity index (χ3v) is 7.43. The number of carboxylic acid groups (broad SMARTS) is 1. The highest BCUT2D eigenvalue weighted by Crippen LogP contribution is 2.44. The molecular weight excluding hydrogens is 450 g/mol. The summed E-state index contributed by atoms with van der Waals surface area (Å²) in [6, 6.07) is 14.5. The number of piperazine rings is 1. The summed E-state index contributed by atoms with van der Waals surface area (Å²) < 4.78 is 5.62. The van der Waals surface area contributed by atoms with Gasteiger partial charge in [0, 0.05) is 18.9 Å². The van der Waals surface area contributed by atoms with E-state index in [0.717, 1.165) is 22.3 Å². The van der Waals surface area contributed by atoms with Crippen LogP contribution >= 0.6 is 0 Å². The van der Waals surface area contributed by atoms with Crippen molar-refractivity contribution in [3.05, 3.63) is 59.7 Å². The van der Waals surface area contributed by atoms with Crippen LogP contribution in [0.25, 0.3) is 11.1 Å². The Morgan fingerprint density at radius 1 is 1.11 bits per heavy atom. The highest BCUT2D eigenvalue weighted by Gasteiger charge is 2.57. The van der Waals surface area contributed by atoms with Crippen LogP contribution in [0, 0.1) is 0 Å². The number of benzene rings is 2. The lowest BCUT2D eigenvalue weighted by molar-refractivity contribution is -0.156. The third kappa shape index (κ3) is 3.80. The van der Waals surface area contributed by atoms with E-state index >= 15 is 0 Å². The van der Waals surface area contributed by atoms with E-state index in [-0.39, 0.29) is 31.4 Å². The predicted molar refractivity (Wildman–Crippen MR) is 126 cm³/mol. The Hall–Kier alpha value is -3.88. The molecule has 2 aromatic rings. The standard InChI is InChI=1S/C26H27N3O6/c1-2-26-12-15(13-29(26)23(32)21(11-22(30)31)28-24(26)33)27-25(34)35-14-20-18-9-5-3-7-16(18)17-8-4-6-10-19(17)20/h3-10,15,20-21H,2,11-14H2,1H3,(H,27,34)(H,28,33)(H,30,31)/t15-,21+,26+/m1/s1. The summed E-state index contributed by atoms with van der Waals surface area (Å²) in [6.45, 7) is 2.09. The average Bonchev–Trinajstić information content (AvgIpc) is 3.38. The fourth-order valence-corrected chi connectivity index (χ4v) is 5.75. The molecule has 2 heterocycles. The number of amides is 3. The zero-order valence-electron chi connectivity index (χ0n) is 19.3. The van der Waals surface area contributed by atoms with Crippen molar-refractivity contribution in [3.63, 3.8) is 0 Å². The van der Waals surface area contributed by atoms with Crippen LogP contribution in [-0.4, -0.2) is 64.7 Å². The Kier molecular flexibility index (Phi) is 5.70. The second kappa shape index (κ2) is 8.72. The van der Waals surface area contributed by atoms with E-state index in [1.807, 2.05) is 36.4 Å². The summed E-state index contributed by atoms with van der Waals surface area (Å²) in [6.07, 6.45) is -0.498. The molecule has 2 aliphatic heterocycles. The normalized spacial score (nSPS) is 24.9. The number of nitrogens with one attached hydrogen (secondary N) is 2. The Morgan fingerprint density at radius 2 is 1.74 bits per heavy atom. The Labute approximate surface area is 202 Å². The van der Waals surface area contributed by atoms with Gasteiger partial charge < -0.3 is 25.4 Å². The molecule has 2 aromatic carbocycles. The maximum absolute atomic E-state index is 12.9. The zero-order chi connectivity index (χ0) is 24.7. The topological polar surface area (TPSA) is 125 Å². The van der Waals surface area contributed by atoms with E-state index in [0.29, 0.717) is 6.42 Å². The highest BCUT2D eigenvalue weighted by molar-refractivity contribution is 6.01. The first-order valence-electron chi connectivity index (χ1n) is 11.8. The molecule has 182 valence electrons. The van der Waals surface area contributed by atoms with Gasteiger partial charge in [-0.2, -0.15) is 0 Å². The molecule has 0 saturated carbocycles. The fraction of sp³-hybridized carbons (Fsp3) is 0.385. The number of carboxylic acids is 1. The van der Waals surface area contributed by atoms with Crippen molar-refractivity contribution in [1.29, 1.82) is 0 Å². The van der Waals surface area contributed by atoms with Gasteiger partial charge in [-0.05, 0) is 28.7 Å². The first-order chi connectivity index (χ1) is 16.8. The van der Waals surface area contributed by atoms with Crippen molar-refractivity contribution >= 4 is 23.9 Å². The van der Waals surface area contributed by atoms with E-state index in [4.69, 9.17) is 9.84 Å². The summed E-state index contributed by atoms with van der Waals surface area (Å²) in [5.74, 6) is -2.07. The minimum Gasteiger partial charge on any atom is -0.481 e. The molecule has 0 radical (unpaired) electrons. The number of alkyl carbamates (subject to hydrolysis) is 1. The second-order valence-corrected chi connectivity index (χ2v) is 9.33. The van der Waals surface area contributed by atoms with Crippen molar-refractivity contribution in [3.8, 4) is 11.1 Å². The molecule has 0 spiro atoms. The molecule has 3 amide bonds. The molecule has 35 heavy (non-hydrogen) atoms. The molecule has 3 aliphatic rings. The molecule has 0 bridgehead atoms. The Bertz CT molecular complexity index is 1170. The molecule has 2 saturated heterocycles. The van der Waals surface area contributed by atoms with E-state index in [1.165, 1.54) is 4.90 Å². The van der Waals surface area contributed by atoms with Crippen LogP contribution in [0.2, 0.25) is 0 Å². The Balaban J connectivity index is 1.26. The van der Waals surface area contributed by atoms with Gasteiger partial charge in [-0.1, -0.05) is 55.5 Å². The maximum atomic E-state index is 12.9. The first kappa shape index (κ1) is 22.9. The fourth-order valence-electron chi connectivity index (χ4n) is 5.75. The number of hydrogen-bond acceptors (Lipinski definition) is 5. The van der Waals surface area contributed by atoms with Crippen LogP contribution in [0.4, 0.5) is 4.79 Å². The van der Waals surface area contributed by atoms with Gasteiger partial charge in [0.1, 0.15) is 18.2 Å². The van der Waals surface area contributed by atoms with Gasteiger partial charge in [-0.3, -0.25) is 14.4 Å². The van der Waals surface area contributed by atoms with Gasteiger partial charge in [0.2, 0.25) is 11.8 Å². The largest absolute Gasteiger partial charge is 0.481 e. The van der Waals surface area contributed by atoms with Crippen molar-refractivity contribution < 1.29 is 29.0 Å². The number of carbonyl (C=O) groups excluding carboxylic acids is 3. The van der Waals surface area contributed by atoms with Crippen LogP contribution in [0.5, 0.6) is 0 Å². The molecule has 0 aromatic heterocycles. The highest BCUT2D eigenvalue weighted by atomic mass is 16.5. The van der Waals surface area contributed by atoms with Gasteiger partial charge >= 0.3 is 12.1 Å². The van der Waals surface area contributed by atoms with Gasteiger partial charge in [0.15, 0.2) is 0 Å². The summed E-state index contributed by atoms with van der Waals surface area (Å²) >= 11 is 0. The van der Waals surface area contributed by atoms with Crippen LogP contribution in [0.1, 0.15) is 43.2 Å². The van der Waals surface area contributed by atoms with Crippen molar-refractivity contribution in [2.24, 2.45) is 0 Å². The zero-order valence-corrected chi connectivity index (χ0v) is 19.3. The lowest BCUT2D eigenvalue weighted by Crippen LogP contribution is -2.68. The maximum Gasteiger partial charge on any atom is 0.407 e. The molecule has 3 N–H and O–H groups in total. The number of carbonyl (C=O) groups is 4. The molecule has 9 heteroatoms. The summed E-state index contributed by atoms with van der Waals surface area (Å²) in [7, 11) is 0. The van der Waals surface area contributed by atoms with Crippen LogP contribution < -0.4 is 10.6 Å². The van der Waals surface area contributed by atoms with Gasteiger partial charge in [0.05, 0.1) is 12.5 Å². The minimum absolute atomic E-state index is 0.0748. The van der Waals surface area contributed by atoms with Gasteiger partial charge in [-0.15, -0.1) is 0 Å². The second-order valence-electron chi connectivity index (χ2n) is 9.33. The number of aliphatic carboxylic acids is 1. The monoisotopic (exact) mass is 477 g/mol. The summed E-state index contributed by atoms with van der Waals surface area (Å²) in [5, 5.41) is 14.5. The molecular formula is C26H27N3O6. The number of rotatable bonds is 6.